The van der Waals surface area contributed by atoms with Crippen LogP contribution in [-0.4, -0.2) is 42.3 Å². The van der Waals surface area contributed by atoms with Crippen molar-refractivity contribution in [3.63, 3.8) is 0 Å². The average molecular weight is 566 g/mol. The highest BCUT2D eigenvalue weighted by Gasteiger charge is 2.26. The second kappa shape index (κ2) is 12.4. The van der Waals surface area contributed by atoms with Crippen LogP contribution in [0.5, 0.6) is 0 Å². The lowest BCUT2D eigenvalue weighted by Crippen LogP contribution is -2.48. The lowest BCUT2D eigenvalue weighted by molar-refractivity contribution is 0.212. The number of anilines is 2. The molecule has 0 radical (unpaired) electrons. The summed E-state index contributed by atoms with van der Waals surface area (Å²) in [6.45, 7) is 3.35. The van der Waals surface area contributed by atoms with Crippen LogP contribution >= 0.6 is 11.3 Å². The van der Waals surface area contributed by atoms with E-state index in [1.54, 1.807) is 6.21 Å². The molecule has 4 aromatic carbocycles. The fourth-order valence-corrected chi connectivity index (χ4v) is 5.81. The number of hydrogen-bond donors (Lipinski definition) is 1. The van der Waals surface area contributed by atoms with E-state index < -0.39 is 0 Å². The first-order chi connectivity index (χ1) is 20.1. The molecule has 1 aliphatic heterocycles. The smallest absolute Gasteiger partial charge is 0.203 e. The Morgan fingerprint density at radius 3 is 1.98 bits per heavy atom. The van der Waals surface area contributed by atoms with E-state index in [4.69, 9.17) is 0 Å². The van der Waals surface area contributed by atoms with Crippen LogP contribution in [0.25, 0.3) is 11.3 Å². The maximum absolute atomic E-state index is 13.6. The van der Waals surface area contributed by atoms with E-state index in [0.717, 1.165) is 64.9 Å². The molecule has 0 amide bonds. The van der Waals surface area contributed by atoms with Crippen molar-refractivity contribution in [2.75, 3.05) is 36.5 Å². The Morgan fingerprint density at radius 2 is 1.37 bits per heavy atom. The summed E-state index contributed by atoms with van der Waals surface area (Å²) in [5.74, 6) is -0.526. The van der Waals surface area contributed by atoms with Crippen LogP contribution in [0.2, 0.25) is 0 Å². The van der Waals surface area contributed by atoms with Crippen LogP contribution in [0.3, 0.4) is 0 Å². The Kier molecular flexibility index (Phi) is 8.11. The first-order valence-electron chi connectivity index (χ1n) is 13.5. The zero-order chi connectivity index (χ0) is 28.0. The molecule has 0 spiro atoms. The van der Waals surface area contributed by atoms with Crippen LogP contribution in [0, 0.1) is 11.6 Å². The zero-order valence-electron chi connectivity index (χ0n) is 22.3. The number of hydrogen-bond acceptors (Lipinski definition) is 6. The second-order valence-electron chi connectivity index (χ2n) is 9.89. The Bertz CT molecular complexity index is 1530. The molecule has 0 saturated carbocycles. The maximum Gasteiger partial charge on any atom is 0.203 e. The zero-order valence-corrected chi connectivity index (χ0v) is 23.1. The molecule has 0 unspecified atom stereocenters. The molecule has 1 aromatic heterocycles. The largest absolute Gasteiger partial charge is 0.369 e. The Hall–Kier alpha value is -4.40. The number of piperazine rings is 1. The molecular formula is C33H29F2N5S. The van der Waals surface area contributed by atoms with E-state index in [1.165, 1.54) is 35.6 Å². The van der Waals surface area contributed by atoms with E-state index in [-0.39, 0.29) is 17.7 Å². The summed E-state index contributed by atoms with van der Waals surface area (Å²) in [6.07, 6.45) is 1.79. The summed E-state index contributed by atoms with van der Waals surface area (Å²) in [4.78, 5) is 9.35. The minimum atomic E-state index is -0.263. The van der Waals surface area contributed by atoms with Gasteiger partial charge >= 0.3 is 0 Å². The molecule has 41 heavy (non-hydrogen) atoms. The van der Waals surface area contributed by atoms with E-state index in [0.29, 0.717) is 0 Å². The SMILES string of the molecule is Fc1ccc(C(c2ccc(F)cc2)N2CCN(c3ccc(C=NNc4nc(-c5ccccc5)cs4)cc3)CC2)cc1. The molecular weight excluding hydrogens is 536 g/mol. The number of nitrogens with zero attached hydrogens (tertiary/aromatic N) is 4. The minimum Gasteiger partial charge on any atom is -0.369 e. The van der Waals surface area contributed by atoms with Crippen molar-refractivity contribution in [2.24, 2.45) is 5.10 Å². The number of aromatic nitrogens is 1. The molecule has 206 valence electrons. The summed E-state index contributed by atoms with van der Waals surface area (Å²) >= 11 is 1.52. The monoisotopic (exact) mass is 565 g/mol. The van der Waals surface area contributed by atoms with E-state index in [1.807, 2.05) is 60.0 Å². The van der Waals surface area contributed by atoms with Crippen molar-refractivity contribution in [1.82, 2.24) is 9.88 Å². The number of benzene rings is 4. The molecule has 1 N–H and O–H groups in total. The fourth-order valence-electron chi connectivity index (χ4n) is 5.14. The average Bonchev–Trinajstić information content (AvgIpc) is 3.49. The third kappa shape index (κ3) is 6.51. The van der Waals surface area contributed by atoms with Crippen LogP contribution in [0.1, 0.15) is 22.7 Å². The van der Waals surface area contributed by atoms with E-state index in [2.05, 4.69) is 49.6 Å². The highest BCUT2D eigenvalue weighted by Crippen LogP contribution is 2.31. The number of rotatable bonds is 8. The van der Waals surface area contributed by atoms with Crippen molar-refractivity contribution in [2.45, 2.75) is 6.04 Å². The molecule has 2 heterocycles. The lowest BCUT2D eigenvalue weighted by Gasteiger charge is -2.40. The third-order valence-corrected chi connectivity index (χ3v) is 8.00. The Balaban J connectivity index is 1.07. The molecule has 0 aliphatic carbocycles. The quantitative estimate of drug-likeness (QED) is 0.157. The van der Waals surface area contributed by atoms with E-state index >= 15 is 0 Å². The predicted octanol–water partition coefficient (Wildman–Crippen LogP) is 7.45. The van der Waals surface area contributed by atoms with Gasteiger partial charge in [0, 0.05) is 42.8 Å². The number of hydrazone groups is 1. The fraction of sp³-hybridized carbons (Fsp3) is 0.152. The number of thiazole rings is 1. The van der Waals surface area contributed by atoms with Crippen LogP contribution < -0.4 is 10.3 Å². The summed E-state index contributed by atoms with van der Waals surface area (Å²) in [5.41, 5.74) is 9.18. The molecule has 6 rings (SSSR count). The predicted molar refractivity (Wildman–Crippen MR) is 164 cm³/mol. The lowest BCUT2D eigenvalue weighted by atomic mass is 9.96. The number of halogens is 2. The van der Waals surface area contributed by atoms with Gasteiger partial charge in [-0.15, -0.1) is 11.3 Å². The van der Waals surface area contributed by atoms with Crippen LogP contribution in [-0.2, 0) is 0 Å². The van der Waals surface area contributed by atoms with Crippen LogP contribution in [0.15, 0.2) is 114 Å². The third-order valence-electron chi connectivity index (χ3n) is 7.26. The highest BCUT2D eigenvalue weighted by atomic mass is 32.1. The second-order valence-corrected chi connectivity index (χ2v) is 10.8. The minimum absolute atomic E-state index is 0.0638. The molecule has 0 atom stereocenters. The molecule has 5 nitrogen and oxygen atoms in total. The van der Waals surface area contributed by atoms with Gasteiger partial charge in [-0.25, -0.2) is 13.8 Å². The summed E-state index contributed by atoms with van der Waals surface area (Å²) in [5, 5.41) is 7.13. The topological polar surface area (TPSA) is 43.8 Å². The maximum atomic E-state index is 13.6. The van der Waals surface area contributed by atoms with Gasteiger partial charge in [0.25, 0.3) is 0 Å². The highest BCUT2D eigenvalue weighted by molar-refractivity contribution is 7.14. The van der Waals surface area contributed by atoms with E-state index in [9.17, 15) is 8.78 Å². The van der Waals surface area contributed by atoms with Crippen molar-refractivity contribution in [1.29, 1.82) is 0 Å². The molecule has 0 bridgehead atoms. The number of nitrogens with one attached hydrogen (secondary N) is 1. The Morgan fingerprint density at radius 1 is 0.756 bits per heavy atom. The van der Waals surface area contributed by atoms with Gasteiger partial charge in [-0.1, -0.05) is 66.7 Å². The molecule has 1 fully saturated rings. The van der Waals surface area contributed by atoms with Gasteiger partial charge in [-0.05, 0) is 53.1 Å². The first kappa shape index (κ1) is 26.8. The van der Waals surface area contributed by atoms with Gasteiger partial charge in [-0.3, -0.25) is 10.3 Å². The molecule has 8 heteroatoms. The van der Waals surface area contributed by atoms with Gasteiger partial charge in [0.2, 0.25) is 5.13 Å². The van der Waals surface area contributed by atoms with Crippen molar-refractivity contribution in [3.05, 3.63) is 137 Å². The molecule has 1 saturated heterocycles. The summed E-state index contributed by atoms with van der Waals surface area (Å²) < 4.78 is 27.3. The van der Waals surface area contributed by atoms with Gasteiger partial charge in [0.15, 0.2) is 0 Å². The molecule has 5 aromatic rings. The summed E-state index contributed by atoms with van der Waals surface area (Å²) in [7, 11) is 0. The van der Waals surface area contributed by atoms with Crippen molar-refractivity contribution >= 4 is 28.4 Å². The summed E-state index contributed by atoms with van der Waals surface area (Å²) in [6, 6.07) is 31.6. The van der Waals surface area contributed by atoms with Crippen molar-refractivity contribution < 1.29 is 8.78 Å². The van der Waals surface area contributed by atoms with Gasteiger partial charge in [-0.2, -0.15) is 5.10 Å². The van der Waals surface area contributed by atoms with Gasteiger partial charge < -0.3 is 4.90 Å². The van der Waals surface area contributed by atoms with Crippen molar-refractivity contribution in [3.8, 4) is 11.3 Å². The standard InChI is InChI=1S/C33H29F2N5S/c34-28-12-8-26(9-13-28)32(27-10-14-29(35)15-11-27)40-20-18-39(19-21-40)30-16-6-24(7-17-30)22-36-38-33-37-31(23-41-33)25-4-2-1-3-5-25/h1-17,22-23,32H,18-21H2,(H,37,38). The molecule has 1 aliphatic rings. The van der Waals surface area contributed by atoms with Gasteiger partial charge in [0.05, 0.1) is 18.0 Å². The normalized spacial score (nSPS) is 14.2. The van der Waals surface area contributed by atoms with Gasteiger partial charge in [0.1, 0.15) is 11.6 Å². The Labute approximate surface area is 242 Å². The first-order valence-corrected chi connectivity index (χ1v) is 14.4. The van der Waals surface area contributed by atoms with Crippen LogP contribution in [0.4, 0.5) is 19.6 Å².